The molecule has 3 aliphatic rings. The van der Waals surface area contributed by atoms with E-state index in [1.54, 1.807) is 0 Å². The van der Waals surface area contributed by atoms with Crippen molar-refractivity contribution in [2.45, 2.75) is 49.8 Å². The highest BCUT2D eigenvalue weighted by atomic mass is 16.5. The lowest BCUT2D eigenvalue weighted by atomic mass is 9.73. The Bertz CT molecular complexity index is 625. The van der Waals surface area contributed by atoms with E-state index in [-0.39, 0.29) is 30.0 Å². The Hall–Kier alpha value is -1.57. The Morgan fingerprint density at radius 3 is 2.88 bits per heavy atom. The van der Waals surface area contributed by atoms with E-state index >= 15 is 0 Å². The van der Waals surface area contributed by atoms with Crippen LogP contribution in [0.4, 0.5) is 0 Å². The molecule has 1 aromatic carbocycles. The lowest BCUT2D eigenvalue weighted by Crippen LogP contribution is -2.50. The van der Waals surface area contributed by atoms with Gasteiger partial charge >= 0.3 is 7.12 Å². The van der Waals surface area contributed by atoms with Gasteiger partial charge in [0, 0.05) is 11.5 Å². The SMILES string of the molecule is O=C(N[C@@H](C[C@@H]1COc2ccccc21)B(O)O)[C@@H]1C[C@H]2CC[C@@H]1O2. The number of amides is 1. The van der Waals surface area contributed by atoms with Gasteiger partial charge in [-0.05, 0) is 31.7 Å². The zero-order valence-corrected chi connectivity index (χ0v) is 13.4. The number of para-hydroxylation sites is 1. The molecule has 3 aliphatic heterocycles. The topological polar surface area (TPSA) is 88.0 Å². The minimum atomic E-state index is -1.60. The molecule has 1 amide bonds. The van der Waals surface area contributed by atoms with Gasteiger partial charge in [0.2, 0.25) is 5.91 Å². The van der Waals surface area contributed by atoms with E-state index in [4.69, 9.17) is 9.47 Å². The molecule has 6 nitrogen and oxygen atoms in total. The zero-order valence-electron chi connectivity index (χ0n) is 13.4. The van der Waals surface area contributed by atoms with Gasteiger partial charge in [0.25, 0.3) is 0 Å². The second kappa shape index (κ2) is 6.39. The van der Waals surface area contributed by atoms with E-state index in [1.165, 1.54) is 0 Å². The van der Waals surface area contributed by atoms with Crippen LogP contribution in [-0.4, -0.2) is 47.8 Å². The van der Waals surface area contributed by atoms with Crippen LogP contribution >= 0.6 is 0 Å². The molecule has 3 heterocycles. The lowest BCUT2D eigenvalue weighted by Gasteiger charge is -2.24. The van der Waals surface area contributed by atoms with Crippen molar-refractivity contribution in [3.8, 4) is 5.75 Å². The zero-order chi connectivity index (χ0) is 16.7. The number of hydrogen-bond acceptors (Lipinski definition) is 5. The first kappa shape index (κ1) is 15.9. The van der Waals surface area contributed by atoms with Crippen molar-refractivity contribution in [2.24, 2.45) is 5.92 Å². The summed E-state index contributed by atoms with van der Waals surface area (Å²) in [7, 11) is -1.60. The highest BCUT2D eigenvalue weighted by molar-refractivity contribution is 6.43. The van der Waals surface area contributed by atoms with E-state index in [0.29, 0.717) is 13.0 Å². The van der Waals surface area contributed by atoms with Crippen LogP contribution in [0.5, 0.6) is 5.75 Å². The van der Waals surface area contributed by atoms with Crippen molar-refractivity contribution in [3.63, 3.8) is 0 Å². The predicted molar refractivity (Wildman–Crippen MR) is 87.4 cm³/mol. The van der Waals surface area contributed by atoms with E-state index < -0.39 is 13.1 Å². The van der Waals surface area contributed by atoms with E-state index in [1.807, 2.05) is 24.3 Å². The summed E-state index contributed by atoms with van der Waals surface area (Å²) in [6.07, 6.45) is 3.29. The number of ether oxygens (including phenoxy) is 2. The van der Waals surface area contributed by atoms with Gasteiger partial charge in [0.1, 0.15) is 5.75 Å². The number of benzene rings is 1. The summed E-state index contributed by atoms with van der Waals surface area (Å²) < 4.78 is 11.4. The third-order valence-electron chi connectivity index (χ3n) is 5.47. The lowest BCUT2D eigenvalue weighted by molar-refractivity contribution is -0.127. The van der Waals surface area contributed by atoms with Gasteiger partial charge in [-0.2, -0.15) is 0 Å². The molecule has 128 valence electrons. The number of rotatable bonds is 5. The summed E-state index contributed by atoms with van der Waals surface area (Å²) in [5.74, 6) is -0.132. The van der Waals surface area contributed by atoms with Gasteiger partial charge in [0.05, 0.1) is 30.7 Å². The fraction of sp³-hybridized carbons (Fsp3) is 0.588. The van der Waals surface area contributed by atoms with Gasteiger partial charge in [-0.15, -0.1) is 0 Å². The smallest absolute Gasteiger partial charge is 0.475 e. The van der Waals surface area contributed by atoms with E-state index in [2.05, 4.69) is 5.32 Å². The molecule has 0 radical (unpaired) electrons. The minimum absolute atomic E-state index is 0.0120. The quantitative estimate of drug-likeness (QED) is 0.689. The molecular weight excluding hydrogens is 309 g/mol. The Morgan fingerprint density at radius 2 is 2.17 bits per heavy atom. The number of nitrogens with one attached hydrogen (secondary N) is 1. The average molecular weight is 331 g/mol. The van der Waals surface area contributed by atoms with Gasteiger partial charge in [-0.25, -0.2) is 0 Å². The van der Waals surface area contributed by atoms with Crippen LogP contribution in [0.15, 0.2) is 24.3 Å². The summed E-state index contributed by atoms with van der Waals surface area (Å²) in [4.78, 5) is 12.5. The Morgan fingerprint density at radius 1 is 1.33 bits per heavy atom. The number of fused-ring (bicyclic) bond motifs is 3. The Balaban J connectivity index is 1.41. The molecule has 7 heteroatoms. The normalized spacial score (nSPS) is 31.4. The van der Waals surface area contributed by atoms with Crippen LogP contribution in [0.3, 0.4) is 0 Å². The van der Waals surface area contributed by atoms with Crippen LogP contribution in [0.1, 0.15) is 37.2 Å². The number of hydrogen-bond donors (Lipinski definition) is 3. The number of carbonyl (C=O) groups is 1. The maximum absolute atomic E-state index is 12.5. The molecule has 4 rings (SSSR count). The third kappa shape index (κ3) is 2.92. The molecule has 0 aromatic heterocycles. The third-order valence-corrected chi connectivity index (χ3v) is 5.47. The first-order valence-corrected chi connectivity index (χ1v) is 8.65. The average Bonchev–Trinajstić information content (AvgIpc) is 3.29. The molecule has 2 saturated heterocycles. The molecule has 2 bridgehead atoms. The van der Waals surface area contributed by atoms with Crippen molar-refractivity contribution >= 4 is 13.0 Å². The molecule has 0 aliphatic carbocycles. The first-order valence-electron chi connectivity index (χ1n) is 8.65. The maximum atomic E-state index is 12.5. The van der Waals surface area contributed by atoms with Gasteiger partial charge < -0.3 is 24.8 Å². The van der Waals surface area contributed by atoms with Crippen molar-refractivity contribution in [1.82, 2.24) is 5.32 Å². The summed E-state index contributed by atoms with van der Waals surface area (Å²) in [6, 6.07) is 7.75. The maximum Gasteiger partial charge on any atom is 0.475 e. The summed E-state index contributed by atoms with van der Waals surface area (Å²) in [6.45, 7) is 0.496. The van der Waals surface area contributed by atoms with Crippen molar-refractivity contribution < 1.29 is 24.3 Å². The molecule has 24 heavy (non-hydrogen) atoms. The molecule has 0 spiro atoms. The molecule has 3 N–H and O–H groups in total. The van der Waals surface area contributed by atoms with Crippen molar-refractivity contribution in [2.75, 3.05) is 6.61 Å². The van der Waals surface area contributed by atoms with Crippen molar-refractivity contribution in [3.05, 3.63) is 29.8 Å². The molecule has 2 fully saturated rings. The second-order valence-corrected chi connectivity index (χ2v) is 7.03. The fourth-order valence-electron chi connectivity index (χ4n) is 4.19. The Labute approximate surface area is 141 Å². The second-order valence-electron chi connectivity index (χ2n) is 7.03. The van der Waals surface area contributed by atoms with Crippen LogP contribution in [0.25, 0.3) is 0 Å². The van der Waals surface area contributed by atoms with E-state index in [9.17, 15) is 14.8 Å². The summed E-state index contributed by atoms with van der Waals surface area (Å²) in [5.41, 5.74) is 1.06. The first-order chi connectivity index (χ1) is 11.6. The Kier molecular flexibility index (Phi) is 4.24. The fourth-order valence-corrected chi connectivity index (χ4v) is 4.19. The highest BCUT2D eigenvalue weighted by Gasteiger charge is 2.45. The molecule has 0 unspecified atom stereocenters. The van der Waals surface area contributed by atoms with Crippen LogP contribution in [0, 0.1) is 5.92 Å². The van der Waals surface area contributed by atoms with Gasteiger partial charge in [0.15, 0.2) is 0 Å². The summed E-state index contributed by atoms with van der Waals surface area (Å²) >= 11 is 0. The van der Waals surface area contributed by atoms with Gasteiger partial charge in [-0.3, -0.25) is 4.79 Å². The molecule has 5 atom stereocenters. The molecule has 0 saturated carbocycles. The highest BCUT2D eigenvalue weighted by Crippen LogP contribution is 2.39. The van der Waals surface area contributed by atoms with E-state index in [0.717, 1.165) is 30.6 Å². The van der Waals surface area contributed by atoms with Crippen molar-refractivity contribution in [1.29, 1.82) is 0 Å². The van der Waals surface area contributed by atoms with Crippen LogP contribution < -0.4 is 10.1 Å². The van der Waals surface area contributed by atoms with Crippen LogP contribution in [-0.2, 0) is 9.53 Å². The standard InChI is InChI=1S/C17H22BNO5/c20-17(13-8-11-5-6-15(13)24-11)19-16(18(21)22)7-10-9-23-14-4-2-1-3-12(10)14/h1-4,10-11,13,15-16,21-22H,5-9H2,(H,19,20)/t10-,11-,13-,15+,16+/m1/s1. The monoisotopic (exact) mass is 331 g/mol. The molecular formula is C17H22BNO5. The summed E-state index contributed by atoms with van der Waals surface area (Å²) in [5, 5.41) is 22.3. The largest absolute Gasteiger partial charge is 0.493 e. The molecule has 1 aromatic rings. The van der Waals surface area contributed by atoms with Gasteiger partial charge in [-0.1, -0.05) is 18.2 Å². The minimum Gasteiger partial charge on any atom is -0.493 e. The predicted octanol–water partition coefficient (Wildman–Crippen LogP) is 0.617. The van der Waals surface area contributed by atoms with Crippen LogP contribution in [0.2, 0.25) is 0 Å². The number of carbonyl (C=O) groups excluding carboxylic acids is 1.